The Morgan fingerprint density at radius 3 is 2.73 bits per heavy atom. The summed E-state index contributed by atoms with van der Waals surface area (Å²) in [5.41, 5.74) is -1.44. The molecule has 8 heteroatoms. The minimum atomic E-state index is -0.709. The lowest BCUT2D eigenvalue weighted by atomic mass is 10.3. The van der Waals surface area contributed by atoms with Crippen molar-refractivity contribution in [2.24, 2.45) is 0 Å². The Hall–Kier alpha value is -2.38. The molecule has 0 fully saturated rings. The van der Waals surface area contributed by atoms with E-state index >= 15 is 0 Å². The van der Waals surface area contributed by atoms with Gasteiger partial charge in [-0.15, -0.1) is 0 Å². The van der Waals surface area contributed by atoms with Crippen molar-refractivity contribution < 1.29 is 9.53 Å². The topological polar surface area (TPSA) is 121 Å². The molecular formula is C7H6N4O4. The fourth-order valence-electron chi connectivity index (χ4n) is 1.18. The van der Waals surface area contributed by atoms with Gasteiger partial charge in [0.15, 0.2) is 11.2 Å². The number of hydrogen-bond donors (Lipinski definition) is 3. The Morgan fingerprint density at radius 1 is 1.33 bits per heavy atom. The largest absolute Gasteiger partial charge is 0.464 e. The summed E-state index contributed by atoms with van der Waals surface area (Å²) in [7, 11) is 1.18. The van der Waals surface area contributed by atoms with Crippen LogP contribution in [0.25, 0.3) is 11.0 Å². The highest BCUT2D eigenvalue weighted by molar-refractivity contribution is 5.99. The third-order valence-electron chi connectivity index (χ3n) is 1.84. The molecule has 2 heterocycles. The van der Waals surface area contributed by atoms with Crippen molar-refractivity contribution in [2.75, 3.05) is 7.11 Å². The molecule has 3 N–H and O–H groups in total. The second-order valence-corrected chi connectivity index (χ2v) is 2.72. The van der Waals surface area contributed by atoms with Gasteiger partial charge in [-0.1, -0.05) is 0 Å². The minimum absolute atomic E-state index is 0.0376. The molecule has 0 spiro atoms. The van der Waals surface area contributed by atoms with Crippen LogP contribution >= 0.6 is 0 Å². The van der Waals surface area contributed by atoms with E-state index in [-0.39, 0.29) is 16.7 Å². The lowest BCUT2D eigenvalue weighted by molar-refractivity contribution is 0.0596. The van der Waals surface area contributed by atoms with E-state index in [1.807, 2.05) is 4.98 Å². The smallest absolute Gasteiger partial charge is 0.358 e. The minimum Gasteiger partial charge on any atom is -0.464 e. The number of fused-ring (bicyclic) bond motifs is 1. The van der Waals surface area contributed by atoms with Crippen molar-refractivity contribution in [1.29, 1.82) is 0 Å². The highest BCUT2D eigenvalue weighted by Gasteiger charge is 2.16. The number of carbonyl (C=O) groups is 1. The van der Waals surface area contributed by atoms with Crippen molar-refractivity contribution in [3.63, 3.8) is 0 Å². The van der Waals surface area contributed by atoms with Crippen LogP contribution in [-0.2, 0) is 4.74 Å². The molecule has 78 valence electrons. The Bertz CT molecular complexity index is 634. The fraction of sp³-hybridized carbons (Fsp3) is 0.143. The van der Waals surface area contributed by atoms with E-state index in [4.69, 9.17) is 0 Å². The summed E-state index contributed by atoms with van der Waals surface area (Å²) < 4.78 is 4.44. The summed E-state index contributed by atoms with van der Waals surface area (Å²) in [5.74, 6) is -0.709. The van der Waals surface area contributed by atoms with Crippen LogP contribution in [0.15, 0.2) is 9.59 Å². The summed E-state index contributed by atoms with van der Waals surface area (Å²) >= 11 is 0. The number of aromatic amines is 3. The third kappa shape index (κ3) is 1.31. The van der Waals surface area contributed by atoms with Gasteiger partial charge in [-0.2, -0.15) is 5.10 Å². The molecule has 0 bridgehead atoms. The number of hydrogen-bond acceptors (Lipinski definition) is 5. The first kappa shape index (κ1) is 9.19. The molecule has 0 aliphatic heterocycles. The molecule has 0 saturated heterocycles. The number of aromatic nitrogens is 4. The number of H-pyrrole nitrogens is 3. The standard InChI is InChI=1S/C7H6N4O4/c1-15-6(13)4-2-3(10-11-4)5(12)9-7(14)8-2/h1H3,(H,10,11)(H2,8,9,12,14). The van der Waals surface area contributed by atoms with E-state index in [1.54, 1.807) is 0 Å². The Kier molecular flexibility index (Phi) is 1.89. The lowest BCUT2D eigenvalue weighted by Gasteiger charge is -1.94. The van der Waals surface area contributed by atoms with Crippen molar-refractivity contribution >= 4 is 17.0 Å². The number of nitrogens with one attached hydrogen (secondary N) is 3. The molecule has 0 aliphatic carbocycles. The first-order valence-electron chi connectivity index (χ1n) is 3.92. The van der Waals surface area contributed by atoms with E-state index in [9.17, 15) is 14.4 Å². The molecule has 2 rings (SSSR count). The molecule has 0 aliphatic rings. The van der Waals surface area contributed by atoms with Crippen LogP contribution in [0.4, 0.5) is 0 Å². The number of carbonyl (C=O) groups excluding carboxylic acids is 1. The maximum absolute atomic E-state index is 11.2. The molecule has 0 radical (unpaired) electrons. The Balaban J connectivity index is 2.86. The number of methoxy groups -OCH3 is 1. The molecular weight excluding hydrogens is 204 g/mol. The number of esters is 1. The summed E-state index contributed by atoms with van der Waals surface area (Å²) in [6.45, 7) is 0. The molecule has 2 aromatic rings. The van der Waals surface area contributed by atoms with Crippen LogP contribution in [-0.4, -0.2) is 33.2 Å². The monoisotopic (exact) mass is 210 g/mol. The normalized spacial score (nSPS) is 10.5. The zero-order valence-electron chi connectivity index (χ0n) is 7.58. The van der Waals surface area contributed by atoms with E-state index in [0.29, 0.717) is 0 Å². The van der Waals surface area contributed by atoms with Gasteiger partial charge >= 0.3 is 11.7 Å². The Morgan fingerprint density at radius 2 is 2.07 bits per heavy atom. The van der Waals surface area contributed by atoms with Crippen molar-refractivity contribution in [3.05, 3.63) is 26.5 Å². The quantitative estimate of drug-likeness (QED) is 0.506. The van der Waals surface area contributed by atoms with Gasteiger partial charge in [0.05, 0.1) is 7.11 Å². The summed E-state index contributed by atoms with van der Waals surface area (Å²) in [6, 6.07) is 0. The second-order valence-electron chi connectivity index (χ2n) is 2.72. The number of rotatable bonds is 1. The predicted molar refractivity (Wildman–Crippen MR) is 48.7 cm³/mol. The summed E-state index contributed by atoms with van der Waals surface area (Å²) in [4.78, 5) is 37.6. The van der Waals surface area contributed by atoms with Gasteiger partial charge in [-0.05, 0) is 0 Å². The summed E-state index contributed by atoms with van der Waals surface area (Å²) in [5, 5.41) is 5.91. The van der Waals surface area contributed by atoms with Crippen LogP contribution in [0.2, 0.25) is 0 Å². The highest BCUT2D eigenvalue weighted by Crippen LogP contribution is 2.07. The maximum Gasteiger partial charge on any atom is 0.358 e. The molecule has 8 nitrogen and oxygen atoms in total. The van der Waals surface area contributed by atoms with Gasteiger partial charge < -0.3 is 9.72 Å². The van der Waals surface area contributed by atoms with Gasteiger partial charge in [0.25, 0.3) is 5.56 Å². The van der Waals surface area contributed by atoms with Gasteiger partial charge in [0, 0.05) is 0 Å². The fourth-order valence-corrected chi connectivity index (χ4v) is 1.18. The highest BCUT2D eigenvalue weighted by atomic mass is 16.5. The second kappa shape index (κ2) is 3.08. The molecule has 0 aromatic carbocycles. The third-order valence-corrected chi connectivity index (χ3v) is 1.84. The van der Waals surface area contributed by atoms with Gasteiger partial charge in [0.1, 0.15) is 5.52 Å². The molecule has 15 heavy (non-hydrogen) atoms. The average molecular weight is 210 g/mol. The van der Waals surface area contributed by atoms with Crippen molar-refractivity contribution in [2.45, 2.75) is 0 Å². The maximum atomic E-state index is 11.2. The number of ether oxygens (including phenoxy) is 1. The zero-order chi connectivity index (χ0) is 11.0. The van der Waals surface area contributed by atoms with Gasteiger partial charge in [0.2, 0.25) is 0 Å². The van der Waals surface area contributed by atoms with E-state index in [2.05, 4.69) is 19.9 Å². The average Bonchev–Trinajstić information content (AvgIpc) is 2.60. The van der Waals surface area contributed by atoms with Crippen molar-refractivity contribution in [1.82, 2.24) is 20.2 Å². The Labute approximate surface area is 81.3 Å². The van der Waals surface area contributed by atoms with Crippen LogP contribution in [0.5, 0.6) is 0 Å². The van der Waals surface area contributed by atoms with E-state index in [0.717, 1.165) is 0 Å². The predicted octanol–water partition coefficient (Wildman–Crippen LogP) is -1.27. The van der Waals surface area contributed by atoms with Crippen LogP contribution in [0, 0.1) is 0 Å². The summed E-state index contributed by atoms with van der Waals surface area (Å²) in [6.07, 6.45) is 0. The van der Waals surface area contributed by atoms with Crippen LogP contribution in [0.1, 0.15) is 10.5 Å². The number of nitrogens with zero attached hydrogens (tertiary/aromatic N) is 1. The van der Waals surface area contributed by atoms with Crippen LogP contribution in [0.3, 0.4) is 0 Å². The zero-order valence-corrected chi connectivity index (χ0v) is 7.58. The lowest BCUT2D eigenvalue weighted by Crippen LogP contribution is -2.22. The van der Waals surface area contributed by atoms with Gasteiger partial charge in [-0.25, -0.2) is 9.59 Å². The molecule has 0 saturated carbocycles. The molecule has 2 aromatic heterocycles. The molecule has 0 atom stereocenters. The first-order chi connectivity index (χ1) is 7.13. The first-order valence-corrected chi connectivity index (χ1v) is 3.92. The van der Waals surface area contributed by atoms with Gasteiger partial charge in [-0.3, -0.25) is 14.9 Å². The molecule has 0 unspecified atom stereocenters. The van der Waals surface area contributed by atoms with Crippen LogP contribution < -0.4 is 11.2 Å². The van der Waals surface area contributed by atoms with Crippen molar-refractivity contribution in [3.8, 4) is 0 Å². The van der Waals surface area contributed by atoms with E-state index < -0.39 is 17.2 Å². The molecule has 0 amide bonds. The SMILES string of the molecule is COC(=O)c1[nH]nc2c(=O)[nH]c(=O)[nH]c12. The van der Waals surface area contributed by atoms with E-state index in [1.165, 1.54) is 7.11 Å².